The first kappa shape index (κ1) is 11.7. The molecule has 0 spiro atoms. The molecule has 0 fully saturated rings. The van der Waals surface area contributed by atoms with Gasteiger partial charge >= 0.3 is 5.97 Å². The normalized spacial score (nSPS) is 12.2. The molecule has 0 aromatic heterocycles. The smallest absolute Gasteiger partial charge is 0.335 e. The van der Waals surface area contributed by atoms with Crippen LogP contribution in [-0.4, -0.2) is 22.2 Å². The van der Waals surface area contributed by atoms with Gasteiger partial charge in [-0.3, -0.25) is 4.79 Å². The Hall–Kier alpha value is -1.35. The number of halogens is 1. The SMILES string of the molecule is Cc1cc(C(=O)O)ccc1C(=O)C(C)Cl. The third-order valence-electron chi connectivity index (χ3n) is 2.10. The number of carbonyl (C=O) groups excluding carboxylic acids is 1. The van der Waals surface area contributed by atoms with Crippen molar-refractivity contribution in [2.75, 3.05) is 0 Å². The molecule has 80 valence electrons. The molecule has 1 aromatic carbocycles. The summed E-state index contributed by atoms with van der Waals surface area (Å²) >= 11 is 5.67. The second kappa shape index (κ2) is 4.45. The number of carboxylic acid groups (broad SMARTS) is 1. The van der Waals surface area contributed by atoms with E-state index in [1.54, 1.807) is 13.8 Å². The maximum absolute atomic E-state index is 11.6. The number of benzene rings is 1. The standard InChI is InChI=1S/C11H11ClO3/c1-6-5-8(11(14)15)3-4-9(6)10(13)7(2)12/h3-5,7H,1-2H3,(H,14,15). The number of rotatable bonds is 3. The van der Waals surface area contributed by atoms with Crippen LogP contribution in [0.25, 0.3) is 0 Å². The number of ketones is 1. The van der Waals surface area contributed by atoms with Gasteiger partial charge in [-0.15, -0.1) is 11.6 Å². The zero-order valence-electron chi connectivity index (χ0n) is 8.45. The van der Waals surface area contributed by atoms with E-state index in [0.29, 0.717) is 11.1 Å². The first-order chi connectivity index (χ1) is 6.93. The van der Waals surface area contributed by atoms with Crippen molar-refractivity contribution in [2.45, 2.75) is 19.2 Å². The monoisotopic (exact) mass is 226 g/mol. The van der Waals surface area contributed by atoms with Crippen molar-refractivity contribution < 1.29 is 14.7 Å². The molecule has 0 bridgehead atoms. The van der Waals surface area contributed by atoms with Crippen molar-refractivity contribution in [3.05, 3.63) is 34.9 Å². The van der Waals surface area contributed by atoms with Gasteiger partial charge in [-0.25, -0.2) is 4.79 Å². The fourth-order valence-corrected chi connectivity index (χ4v) is 1.40. The molecule has 0 saturated heterocycles. The van der Waals surface area contributed by atoms with Gasteiger partial charge in [0.2, 0.25) is 0 Å². The Bertz CT molecular complexity index is 410. The minimum absolute atomic E-state index is 0.172. The number of hydrogen-bond acceptors (Lipinski definition) is 2. The van der Waals surface area contributed by atoms with Crippen molar-refractivity contribution in [3.63, 3.8) is 0 Å². The van der Waals surface area contributed by atoms with Crippen molar-refractivity contribution in [3.8, 4) is 0 Å². The Morgan fingerprint density at radius 2 is 2.00 bits per heavy atom. The number of hydrogen-bond donors (Lipinski definition) is 1. The fourth-order valence-electron chi connectivity index (χ4n) is 1.29. The second-order valence-corrected chi connectivity index (χ2v) is 3.97. The minimum Gasteiger partial charge on any atom is -0.478 e. The summed E-state index contributed by atoms with van der Waals surface area (Å²) < 4.78 is 0. The Morgan fingerprint density at radius 3 is 2.40 bits per heavy atom. The minimum atomic E-state index is -1.00. The summed E-state index contributed by atoms with van der Waals surface area (Å²) in [6.45, 7) is 3.29. The maximum Gasteiger partial charge on any atom is 0.335 e. The van der Waals surface area contributed by atoms with Crippen LogP contribution in [0.4, 0.5) is 0 Å². The molecule has 0 amide bonds. The highest BCUT2D eigenvalue weighted by Gasteiger charge is 2.15. The maximum atomic E-state index is 11.6. The summed E-state index contributed by atoms with van der Waals surface area (Å²) in [5.41, 5.74) is 1.28. The Kier molecular flexibility index (Phi) is 3.48. The molecule has 0 aliphatic carbocycles. The quantitative estimate of drug-likeness (QED) is 0.637. The van der Waals surface area contributed by atoms with E-state index in [2.05, 4.69) is 0 Å². The predicted molar refractivity (Wildman–Crippen MR) is 57.8 cm³/mol. The molecule has 0 aliphatic rings. The third-order valence-corrected chi connectivity index (χ3v) is 2.30. The van der Waals surface area contributed by atoms with E-state index >= 15 is 0 Å². The van der Waals surface area contributed by atoms with E-state index in [1.165, 1.54) is 18.2 Å². The summed E-state index contributed by atoms with van der Waals surface area (Å²) in [4.78, 5) is 22.2. The number of carboxylic acids is 1. The summed E-state index contributed by atoms with van der Waals surface area (Å²) in [6, 6.07) is 4.37. The third kappa shape index (κ3) is 2.57. The molecule has 1 unspecified atom stereocenters. The Balaban J connectivity index is 3.14. The molecule has 1 rings (SSSR count). The second-order valence-electron chi connectivity index (χ2n) is 3.32. The van der Waals surface area contributed by atoms with Crippen LogP contribution in [0.3, 0.4) is 0 Å². The van der Waals surface area contributed by atoms with Gasteiger partial charge in [-0.2, -0.15) is 0 Å². The molecule has 0 radical (unpaired) electrons. The number of carbonyl (C=O) groups is 2. The molecule has 1 N–H and O–H groups in total. The first-order valence-corrected chi connectivity index (χ1v) is 4.89. The van der Waals surface area contributed by atoms with Crippen LogP contribution in [0, 0.1) is 6.92 Å². The van der Waals surface area contributed by atoms with Crippen LogP contribution >= 0.6 is 11.6 Å². The lowest BCUT2D eigenvalue weighted by Gasteiger charge is -2.06. The Labute approximate surface area is 92.7 Å². The molecule has 0 saturated carbocycles. The van der Waals surface area contributed by atoms with Gasteiger partial charge in [0.05, 0.1) is 10.9 Å². The van der Waals surface area contributed by atoms with Gasteiger partial charge < -0.3 is 5.11 Å². The average Bonchev–Trinajstić information content (AvgIpc) is 2.16. The van der Waals surface area contributed by atoms with Gasteiger partial charge in [0.25, 0.3) is 0 Å². The molecule has 0 aliphatic heterocycles. The van der Waals surface area contributed by atoms with Crippen molar-refractivity contribution in [2.24, 2.45) is 0 Å². The molecular formula is C11H11ClO3. The van der Waals surface area contributed by atoms with Gasteiger partial charge in [-0.1, -0.05) is 6.07 Å². The highest BCUT2D eigenvalue weighted by atomic mass is 35.5. The van der Waals surface area contributed by atoms with E-state index in [0.717, 1.165) is 0 Å². The summed E-state index contributed by atoms with van der Waals surface area (Å²) in [5.74, 6) is -1.19. The van der Waals surface area contributed by atoms with Crippen LogP contribution < -0.4 is 0 Å². The van der Waals surface area contributed by atoms with Gasteiger partial charge in [0, 0.05) is 5.56 Å². The zero-order valence-corrected chi connectivity index (χ0v) is 9.21. The highest BCUT2D eigenvalue weighted by molar-refractivity contribution is 6.33. The number of aryl methyl sites for hydroxylation is 1. The van der Waals surface area contributed by atoms with Gasteiger partial charge in [-0.05, 0) is 31.5 Å². The molecular weight excluding hydrogens is 216 g/mol. The number of Topliss-reactive ketones (excluding diaryl/α,β-unsaturated/α-hetero) is 1. The summed E-state index contributed by atoms with van der Waals surface area (Å²) in [6.07, 6.45) is 0. The van der Waals surface area contributed by atoms with E-state index in [-0.39, 0.29) is 11.3 Å². The molecule has 1 atom stereocenters. The molecule has 3 nitrogen and oxygen atoms in total. The molecule has 0 heterocycles. The lowest BCUT2D eigenvalue weighted by Crippen LogP contribution is -2.12. The van der Waals surface area contributed by atoms with Crippen molar-refractivity contribution in [1.82, 2.24) is 0 Å². The van der Waals surface area contributed by atoms with E-state index in [4.69, 9.17) is 16.7 Å². The Morgan fingerprint density at radius 1 is 1.40 bits per heavy atom. The average molecular weight is 227 g/mol. The van der Waals surface area contributed by atoms with Crippen LogP contribution in [-0.2, 0) is 0 Å². The lowest BCUT2D eigenvalue weighted by molar-refractivity contribution is 0.0696. The van der Waals surface area contributed by atoms with Crippen molar-refractivity contribution in [1.29, 1.82) is 0 Å². The van der Waals surface area contributed by atoms with Crippen LogP contribution in [0.5, 0.6) is 0 Å². The van der Waals surface area contributed by atoms with Crippen molar-refractivity contribution >= 4 is 23.4 Å². The number of aromatic carboxylic acids is 1. The van der Waals surface area contributed by atoms with E-state index < -0.39 is 11.3 Å². The summed E-state index contributed by atoms with van der Waals surface area (Å²) in [5, 5.41) is 8.14. The largest absolute Gasteiger partial charge is 0.478 e. The number of alkyl halides is 1. The zero-order chi connectivity index (χ0) is 11.6. The van der Waals surface area contributed by atoms with Crippen LogP contribution in [0.15, 0.2) is 18.2 Å². The lowest BCUT2D eigenvalue weighted by atomic mass is 10.0. The summed E-state index contributed by atoms with van der Waals surface area (Å²) in [7, 11) is 0. The fraction of sp³-hybridized carbons (Fsp3) is 0.273. The topological polar surface area (TPSA) is 54.4 Å². The van der Waals surface area contributed by atoms with E-state index in [1.807, 2.05) is 0 Å². The molecule has 1 aromatic rings. The predicted octanol–water partition coefficient (Wildman–Crippen LogP) is 2.50. The van der Waals surface area contributed by atoms with E-state index in [9.17, 15) is 9.59 Å². The molecule has 4 heteroatoms. The first-order valence-electron chi connectivity index (χ1n) is 4.45. The van der Waals surface area contributed by atoms with Gasteiger partial charge in [0.15, 0.2) is 5.78 Å². The van der Waals surface area contributed by atoms with Gasteiger partial charge in [0.1, 0.15) is 0 Å². The van der Waals surface area contributed by atoms with Crippen LogP contribution in [0.1, 0.15) is 33.2 Å². The highest BCUT2D eigenvalue weighted by Crippen LogP contribution is 2.15. The van der Waals surface area contributed by atoms with Crippen LogP contribution in [0.2, 0.25) is 0 Å². The molecule has 15 heavy (non-hydrogen) atoms.